The highest BCUT2D eigenvalue weighted by Crippen LogP contribution is 2.33. The van der Waals surface area contributed by atoms with Crippen LogP contribution in [0.5, 0.6) is 5.75 Å². The number of ether oxygens (including phenoxy) is 1. The molecule has 0 atom stereocenters. The molecule has 0 fully saturated rings. The van der Waals surface area contributed by atoms with Gasteiger partial charge in [0, 0.05) is 5.69 Å². The van der Waals surface area contributed by atoms with Crippen LogP contribution in [0.4, 0.5) is 15.2 Å². The summed E-state index contributed by atoms with van der Waals surface area (Å²) in [6.07, 6.45) is 0. The number of nitrogens with zero attached hydrogens (tertiary/aromatic N) is 1. The molecule has 0 aliphatic carbocycles. The van der Waals surface area contributed by atoms with Crippen LogP contribution in [-0.4, -0.2) is 12.1 Å². The average molecular weight is 367 g/mol. The Balaban J connectivity index is 1.96. The third kappa shape index (κ3) is 2.87. The van der Waals surface area contributed by atoms with E-state index in [-0.39, 0.29) is 5.82 Å². The van der Waals surface area contributed by atoms with Gasteiger partial charge < -0.3 is 10.1 Å². The van der Waals surface area contributed by atoms with Gasteiger partial charge in [-0.05, 0) is 58.7 Å². The van der Waals surface area contributed by atoms with Crippen molar-refractivity contribution in [1.82, 2.24) is 4.98 Å². The summed E-state index contributed by atoms with van der Waals surface area (Å²) in [5, 5.41) is 4.00. The minimum atomic E-state index is -0.271. The molecule has 0 radical (unpaired) electrons. The highest BCUT2D eigenvalue weighted by atomic mass is 79.9. The number of nitrogens with one attached hydrogen (secondary N) is 1. The third-order valence-corrected chi connectivity index (χ3v) is 4.65. The minimum Gasteiger partial charge on any atom is -0.497 e. The summed E-state index contributed by atoms with van der Waals surface area (Å²) >= 11 is 4.73. The molecule has 3 rings (SSSR count). The lowest BCUT2D eigenvalue weighted by atomic mass is 10.2. The Morgan fingerprint density at radius 2 is 2.10 bits per heavy atom. The molecular weight excluding hydrogens is 355 g/mol. The largest absolute Gasteiger partial charge is 0.497 e. The fraction of sp³-hybridized carbons (Fsp3) is 0.133. The fourth-order valence-electron chi connectivity index (χ4n) is 1.98. The van der Waals surface area contributed by atoms with Crippen molar-refractivity contribution >= 4 is 48.3 Å². The molecule has 1 heterocycles. The number of thiazole rings is 1. The van der Waals surface area contributed by atoms with E-state index in [1.165, 1.54) is 17.4 Å². The maximum atomic E-state index is 13.4. The molecule has 21 heavy (non-hydrogen) atoms. The zero-order valence-electron chi connectivity index (χ0n) is 11.4. The van der Waals surface area contributed by atoms with Crippen LogP contribution in [-0.2, 0) is 0 Å². The number of halogens is 2. The first-order valence-corrected chi connectivity index (χ1v) is 7.85. The van der Waals surface area contributed by atoms with Crippen molar-refractivity contribution in [2.24, 2.45) is 0 Å². The maximum absolute atomic E-state index is 13.4. The topological polar surface area (TPSA) is 34.1 Å². The minimum absolute atomic E-state index is 0.271. The Bertz CT molecular complexity index is 819. The molecular formula is C15H12BrFN2OS. The number of hydrogen-bond donors (Lipinski definition) is 1. The fourth-order valence-corrected chi connectivity index (χ4v) is 3.23. The molecule has 6 heteroatoms. The summed E-state index contributed by atoms with van der Waals surface area (Å²) in [5.74, 6) is 0.533. The highest BCUT2D eigenvalue weighted by molar-refractivity contribution is 9.10. The quantitative estimate of drug-likeness (QED) is 0.686. The van der Waals surface area contributed by atoms with Crippen molar-refractivity contribution in [2.45, 2.75) is 6.92 Å². The molecule has 0 saturated carbocycles. The molecule has 108 valence electrons. The third-order valence-electron chi connectivity index (χ3n) is 3.10. The van der Waals surface area contributed by atoms with Gasteiger partial charge in [0.2, 0.25) is 0 Å². The van der Waals surface area contributed by atoms with Gasteiger partial charge in [-0.25, -0.2) is 9.37 Å². The van der Waals surface area contributed by atoms with Gasteiger partial charge in [-0.3, -0.25) is 0 Å². The molecule has 0 bridgehead atoms. The molecule has 1 aromatic heterocycles. The summed E-state index contributed by atoms with van der Waals surface area (Å²) in [7, 11) is 1.64. The smallest absolute Gasteiger partial charge is 0.188 e. The lowest BCUT2D eigenvalue weighted by Crippen LogP contribution is -1.94. The van der Waals surface area contributed by atoms with E-state index in [1.54, 1.807) is 13.2 Å². The first-order valence-electron chi connectivity index (χ1n) is 6.24. The Kier molecular flexibility index (Phi) is 3.82. The van der Waals surface area contributed by atoms with Crippen molar-refractivity contribution in [3.05, 3.63) is 46.2 Å². The predicted octanol–water partition coefficient (Wildman–Crippen LogP) is 5.26. The van der Waals surface area contributed by atoms with E-state index in [9.17, 15) is 4.39 Å². The zero-order chi connectivity index (χ0) is 15.0. The standard InChI is InChI=1S/C15H12BrFN2OS/c1-8-5-11(17)10(16)7-13(8)19-15-18-12-4-3-9(20-2)6-14(12)21-15/h3-7H,1-2H3,(H,18,19). The molecule has 3 nitrogen and oxygen atoms in total. The van der Waals surface area contributed by atoms with E-state index in [0.29, 0.717) is 4.47 Å². The first-order chi connectivity index (χ1) is 10.1. The Morgan fingerprint density at radius 1 is 1.29 bits per heavy atom. The van der Waals surface area contributed by atoms with Gasteiger partial charge in [-0.15, -0.1) is 0 Å². The van der Waals surface area contributed by atoms with Crippen molar-refractivity contribution in [2.75, 3.05) is 12.4 Å². The van der Waals surface area contributed by atoms with Crippen LogP contribution in [0.25, 0.3) is 10.2 Å². The average Bonchev–Trinajstić information content (AvgIpc) is 2.85. The van der Waals surface area contributed by atoms with Gasteiger partial charge in [0.25, 0.3) is 0 Å². The second-order valence-electron chi connectivity index (χ2n) is 4.56. The Labute approximate surface area is 133 Å². The van der Waals surface area contributed by atoms with E-state index in [1.807, 2.05) is 25.1 Å². The molecule has 3 aromatic rings. The maximum Gasteiger partial charge on any atom is 0.188 e. The van der Waals surface area contributed by atoms with Crippen LogP contribution in [0.1, 0.15) is 5.56 Å². The van der Waals surface area contributed by atoms with E-state index in [2.05, 4.69) is 26.2 Å². The monoisotopic (exact) mass is 366 g/mol. The summed E-state index contributed by atoms with van der Waals surface area (Å²) in [5.41, 5.74) is 2.56. The van der Waals surface area contributed by atoms with Crippen LogP contribution < -0.4 is 10.1 Å². The lowest BCUT2D eigenvalue weighted by Gasteiger charge is -2.07. The van der Waals surface area contributed by atoms with Crippen LogP contribution in [0.15, 0.2) is 34.8 Å². The number of benzene rings is 2. The predicted molar refractivity (Wildman–Crippen MR) is 88.3 cm³/mol. The lowest BCUT2D eigenvalue weighted by molar-refractivity contribution is 0.415. The van der Waals surface area contributed by atoms with Crippen molar-refractivity contribution in [3.8, 4) is 5.75 Å². The molecule has 0 aliphatic heterocycles. The van der Waals surface area contributed by atoms with Crippen LogP contribution >= 0.6 is 27.3 Å². The van der Waals surface area contributed by atoms with Gasteiger partial charge in [0.15, 0.2) is 5.13 Å². The van der Waals surface area contributed by atoms with Crippen LogP contribution in [0, 0.1) is 12.7 Å². The summed E-state index contributed by atoms with van der Waals surface area (Å²) < 4.78 is 20.1. The molecule has 0 unspecified atom stereocenters. The second kappa shape index (κ2) is 5.61. The molecule has 0 spiro atoms. The van der Waals surface area contributed by atoms with Gasteiger partial charge in [0.05, 0.1) is 21.8 Å². The number of aryl methyl sites for hydroxylation is 1. The number of hydrogen-bond acceptors (Lipinski definition) is 4. The zero-order valence-corrected chi connectivity index (χ0v) is 13.8. The number of rotatable bonds is 3. The van der Waals surface area contributed by atoms with Crippen LogP contribution in [0.3, 0.4) is 0 Å². The summed E-state index contributed by atoms with van der Waals surface area (Å²) in [6, 6.07) is 8.96. The number of fused-ring (bicyclic) bond motifs is 1. The summed E-state index contributed by atoms with van der Waals surface area (Å²) in [6.45, 7) is 1.86. The van der Waals surface area contributed by atoms with E-state index < -0.39 is 0 Å². The molecule has 1 N–H and O–H groups in total. The van der Waals surface area contributed by atoms with Crippen molar-refractivity contribution in [3.63, 3.8) is 0 Å². The second-order valence-corrected chi connectivity index (χ2v) is 6.44. The first kappa shape index (κ1) is 14.3. The Hall–Kier alpha value is -1.66. The molecule has 0 saturated heterocycles. The normalized spacial score (nSPS) is 10.9. The van der Waals surface area contributed by atoms with E-state index in [0.717, 1.165) is 32.3 Å². The number of methoxy groups -OCH3 is 1. The van der Waals surface area contributed by atoms with Gasteiger partial charge in [0.1, 0.15) is 11.6 Å². The molecule has 0 aliphatic rings. The van der Waals surface area contributed by atoms with Gasteiger partial charge >= 0.3 is 0 Å². The highest BCUT2D eigenvalue weighted by Gasteiger charge is 2.09. The molecule has 2 aromatic carbocycles. The van der Waals surface area contributed by atoms with Gasteiger partial charge in [-0.1, -0.05) is 11.3 Å². The Morgan fingerprint density at radius 3 is 2.86 bits per heavy atom. The number of aromatic nitrogens is 1. The van der Waals surface area contributed by atoms with Crippen molar-refractivity contribution < 1.29 is 9.13 Å². The SMILES string of the molecule is COc1ccc2nc(Nc3cc(Br)c(F)cc3C)sc2c1. The van der Waals surface area contributed by atoms with E-state index >= 15 is 0 Å². The number of anilines is 2. The molecule has 0 amide bonds. The summed E-state index contributed by atoms with van der Waals surface area (Å²) in [4.78, 5) is 4.52. The van der Waals surface area contributed by atoms with E-state index in [4.69, 9.17) is 4.74 Å². The van der Waals surface area contributed by atoms with Gasteiger partial charge in [-0.2, -0.15) is 0 Å². The van der Waals surface area contributed by atoms with Crippen LogP contribution in [0.2, 0.25) is 0 Å². The van der Waals surface area contributed by atoms with Crippen molar-refractivity contribution in [1.29, 1.82) is 0 Å².